The number of carbonyl (C=O) groups excluding carboxylic acids is 1. The maximum Gasteiger partial charge on any atom is 0.332 e. The van der Waals surface area contributed by atoms with E-state index in [1.807, 2.05) is 0 Å². The van der Waals surface area contributed by atoms with Gasteiger partial charge in [0, 0.05) is 13.0 Å². The van der Waals surface area contributed by atoms with Gasteiger partial charge in [-0.15, -0.1) is 0 Å². The first kappa shape index (κ1) is 14.1. The van der Waals surface area contributed by atoms with Gasteiger partial charge in [-0.3, -0.25) is 4.79 Å². The fraction of sp³-hybridized carbons (Fsp3) is 0.385. The molecule has 0 bridgehead atoms. The Morgan fingerprint density at radius 3 is 2.75 bits per heavy atom. The van der Waals surface area contributed by atoms with Gasteiger partial charge < -0.3 is 25.0 Å². The molecule has 20 heavy (non-hydrogen) atoms. The Hall–Kier alpha value is -2.28. The zero-order chi connectivity index (χ0) is 14.5. The van der Waals surface area contributed by atoms with Crippen molar-refractivity contribution in [3.05, 3.63) is 24.3 Å². The fourth-order valence-electron chi connectivity index (χ4n) is 1.72. The lowest BCUT2D eigenvalue weighted by molar-refractivity contribution is -0.147. The van der Waals surface area contributed by atoms with Crippen molar-refractivity contribution in [3.63, 3.8) is 0 Å². The average Bonchev–Trinajstić information content (AvgIpc) is 2.46. The second-order valence-corrected chi connectivity index (χ2v) is 4.30. The third-order valence-corrected chi connectivity index (χ3v) is 2.80. The molecule has 0 radical (unpaired) electrons. The SMILES string of the molecule is O=C(O)C(O)CCNC(=O)C1COc2ccccc2O1. The van der Waals surface area contributed by atoms with Crippen LogP contribution in [-0.4, -0.2) is 47.4 Å². The van der Waals surface area contributed by atoms with E-state index in [1.165, 1.54) is 0 Å². The van der Waals surface area contributed by atoms with Crippen LogP contribution in [0.15, 0.2) is 24.3 Å². The Morgan fingerprint density at radius 2 is 2.05 bits per heavy atom. The van der Waals surface area contributed by atoms with Crippen molar-refractivity contribution in [1.82, 2.24) is 5.32 Å². The van der Waals surface area contributed by atoms with Gasteiger partial charge in [0.15, 0.2) is 17.6 Å². The average molecular weight is 281 g/mol. The van der Waals surface area contributed by atoms with Gasteiger partial charge in [-0.1, -0.05) is 12.1 Å². The minimum absolute atomic E-state index is 0.0494. The van der Waals surface area contributed by atoms with Crippen LogP contribution in [0, 0.1) is 0 Å². The fourth-order valence-corrected chi connectivity index (χ4v) is 1.72. The largest absolute Gasteiger partial charge is 0.485 e. The summed E-state index contributed by atoms with van der Waals surface area (Å²) in [6.07, 6.45) is -2.34. The van der Waals surface area contributed by atoms with E-state index in [0.717, 1.165) is 0 Å². The summed E-state index contributed by atoms with van der Waals surface area (Å²) in [6, 6.07) is 7.01. The van der Waals surface area contributed by atoms with Crippen molar-refractivity contribution in [2.24, 2.45) is 0 Å². The molecule has 1 aliphatic rings. The third kappa shape index (κ3) is 3.39. The summed E-state index contributed by atoms with van der Waals surface area (Å²) < 4.78 is 10.9. The van der Waals surface area contributed by atoms with Crippen molar-refractivity contribution in [2.75, 3.05) is 13.2 Å². The molecular weight excluding hydrogens is 266 g/mol. The molecule has 1 heterocycles. The Kier molecular flexibility index (Phi) is 4.41. The molecule has 1 aromatic carbocycles. The number of fused-ring (bicyclic) bond motifs is 1. The number of hydrogen-bond donors (Lipinski definition) is 3. The van der Waals surface area contributed by atoms with E-state index in [1.54, 1.807) is 24.3 Å². The highest BCUT2D eigenvalue weighted by atomic mass is 16.6. The molecule has 0 saturated carbocycles. The predicted octanol–water partition coefficient (Wildman–Crippen LogP) is -0.222. The zero-order valence-electron chi connectivity index (χ0n) is 10.6. The quantitative estimate of drug-likeness (QED) is 0.689. The minimum atomic E-state index is -1.49. The lowest BCUT2D eigenvalue weighted by atomic mass is 10.2. The van der Waals surface area contributed by atoms with Crippen LogP contribution < -0.4 is 14.8 Å². The van der Waals surface area contributed by atoms with E-state index >= 15 is 0 Å². The molecule has 108 valence electrons. The van der Waals surface area contributed by atoms with Crippen molar-refractivity contribution in [1.29, 1.82) is 0 Å². The summed E-state index contributed by atoms with van der Waals surface area (Å²) in [5.41, 5.74) is 0. The Morgan fingerprint density at radius 1 is 1.35 bits per heavy atom. The van der Waals surface area contributed by atoms with Crippen molar-refractivity contribution >= 4 is 11.9 Å². The maximum atomic E-state index is 11.8. The number of nitrogens with one attached hydrogen (secondary N) is 1. The highest BCUT2D eigenvalue weighted by Gasteiger charge is 2.27. The number of hydrogen-bond acceptors (Lipinski definition) is 5. The second-order valence-electron chi connectivity index (χ2n) is 4.30. The number of aliphatic hydroxyl groups excluding tert-OH is 1. The summed E-state index contributed by atoms with van der Waals surface area (Å²) in [7, 11) is 0. The highest BCUT2D eigenvalue weighted by molar-refractivity contribution is 5.81. The van der Waals surface area contributed by atoms with Crippen LogP contribution in [-0.2, 0) is 9.59 Å². The minimum Gasteiger partial charge on any atom is -0.485 e. The molecule has 0 aromatic heterocycles. The monoisotopic (exact) mass is 281 g/mol. The van der Waals surface area contributed by atoms with Crippen molar-refractivity contribution < 1.29 is 29.3 Å². The summed E-state index contributed by atoms with van der Waals surface area (Å²) >= 11 is 0. The molecule has 0 spiro atoms. The van der Waals surface area contributed by atoms with E-state index in [0.29, 0.717) is 11.5 Å². The molecule has 3 N–H and O–H groups in total. The van der Waals surface area contributed by atoms with E-state index in [9.17, 15) is 9.59 Å². The Labute approximate surface area is 115 Å². The van der Waals surface area contributed by atoms with Crippen LogP contribution in [0.3, 0.4) is 0 Å². The zero-order valence-corrected chi connectivity index (χ0v) is 10.6. The van der Waals surface area contributed by atoms with Gasteiger partial charge in [0.2, 0.25) is 6.10 Å². The van der Waals surface area contributed by atoms with Gasteiger partial charge >= 0.3 is 5.97 Å². The third-order valence-electron chi connectivity index (χ3n) is 2.80. The number of carboxylic acids is 1. The number of benzene rings is 1. The summed E-state index contributed by atoms with van der Waals surface area (Å²) in [5.74, 6) is -0.648. The molecule has 2 atom stereocenters. The molecular formula is C13H15NO6. The summed E-state index contributed by atoms with van der Waals surface area (Å²) in [4.78, 5) is 22.2. The molecule has 1 amide bonds. The molecule has 0 fully saturated rings. The van der Waals surface area contributed by atoms with Crippen LogP contribution >= 0.6 is 0 Å². The van der Waals surface area contributed by atoms with Gasteiger partial charge in [-0.2, -0.15) is 0 Å². The van der Waals surface area contributed by atoms with Crippen LogP contribution in [0.1, 0.15) is 6.42 Å². The van der Waals surface area contributed by atoms with Crippen LogP contribution in [0.4, 0.5) is 0 Å². The number of ether oxygens (including phenoxy) is 2. The summed E-state index contributed by atoms with van der Waals surface area (Å²) in [5, 5.41) is 20.1. The van der Waals surface area contributed by atoms with E-state index in [-0.39, 0.29) is 19.6 Å². The molecule has 2 rings (SSSR count). The van der Waals surface area contributed by atoms with Crippen LogP contribution in [0.5, 0.6) is 11.5 Å². The molecule has 0 aliphatic carbocycles. The lowest BCUT2D eigenvalue weighted by Gasteiger charge is -2.25. The van der Waals surface area contributed by atoms with Crippen LogP contribution in [0.25, 0.3) is 0 Å². The van der Waals surface area contributed by atoms with Gasteiger partial charge in [-0.05, 0) is 12.1 Å². The van der Waals surface area contributed by atoms with Gasteiger partial charge in [0.1, 0.15) is 6.61 Å². The number of para-hydroxylation sites is 2. The molecule has 1 aliphatic heterocycles. The Balaban J connectivity index is 1.81. The number of carbonyl (C=O) groups is 2. The van der Waals surface area contributed by atoms with E-state index < -0.39 is 24.1 Å². The molecule has 7 heteroatoms. The second kappa shape index (κ2) is 6.25. The Bertz CT molecular complexity index is 503. The van der Waals surface area contributed by atoms with Gasteiger partial charge in [-0.25, -0.2) is 4.79 Å². The van der Waals surface area contributed by atoms with Gasteiger partial charge in [0.25, 0.3) is 5.91 Å². The predicted molar refractivity (Wildman–Crippen MR) is 67.6 cm³/mol. The highest BCUT2D eigenvalue weighted by Crippen LogP contribution is 2.30. The number of carboxylic acid groups (broad SMARTS) is 1. The standard InChI is InChI=1S/C13H15NO6/c15-8(13(17)18)5-6-14-12(16)11-7-19-9-3-1-2-4-10(9)20-11/h1-4,8,11,15H,5-7H2,(H,14,16)(H,17,18). The maximum absolute atomic E-state index is 11.8. The summed E-state index contributed by atoms with van der Waals surface area (Å²) in [6.45, 7) is 0.137. The lowest BCUT2D eigenvalue weighted by Crippen LogP contribution is -2.44. The number of aliphatic hydroxyl groups is 1. The first-order valence-corrected chi connectivity index (χ1v) is 6.15. The molecule has 1 aromatic rings. The number of aliphatic carboxylic acids is 1. The molecule has 0 saturated heterocycles. The van der Waals surface area contributed by atoms with Crippen molar-refractivity contribution in [3.8, 4) is 11.5 Å². The first-order valence-electron chi connectivity index (χ1n) is 6.15. The van der Waals surface area contributed by atoms with E-state index in [4.69, 9.17) is 19.7 Å². The first-order chi connectivity index (χ1) is 9.58. The number of rotatable bonds is 5. The van der Waals surface area contributed by atoms with Crippen LogP contribution in [0.2, 0.25) is 0 Å². The number of amides is 1. The van der Waals surface area contributed by atoms with Gasteiger partial charge in [0.05, 0.1) is 0 Å². The normalized spacial score (nSPS) is 18.1. The van der Waals surface area contributed by atoms with Crippen molar-refractivity contribution in [2.45, 2.75) is 18.6 Å². The topological polar surface area (TPSA) is 105 Å². The molecule has 2 unspecified atom stereocenters. The molecule has 7 nitrogen and oxygen atoms in total. The smallest absolute Gasteiger partial charge is 0.332 e. The van der Waals surface area contributed by atoms with E-state index in [2.05, 4.69) is 5.32 Å².